The van der Waals surface area contributed by atoms with Gasteiger partial charge in [0.05, 0.1) is 5.56 Å². The first-order valence-corrected chi connectivity index (χ1v) is 6.57. The minimum Gasteiger partial charge on any atom is -0.316 e. The van der Waals surface area contributed by atoms with E-state index in [9.17, 15) is 13.2 Å². The minimum absolute atomic E-state index is 0.479. The van der Waals surface area contributed by atoms with E-state index < -0.39 is 11.7 Å². The summed E-state index contributed by atoms with van der Waals surface area (Å²) in [6.45, 7) is 4.14. The van der Waals surface area contributed by atoms with Crippen LogP contribution in [0.3, 0.4) is 0 Å². The zero-order chi connectivity index (χ0) is 13.9. The number of alkyl halides is 3. The zero-order valence-corrected chi connectivity index (χ0v) is 10.9. The van der Waals surface area contributed by atoms with E-state index in [1.165, 1.54) is 12.1 Å². The number of nitrogens with one attached hydrogen (secondary N) is 1. The van der Waals surface area contributed by atoms with E-state index in [1.807, 2.05) is 6.08 Å². The van der Waals surface area contributed by atoms with Crippen LogP contribution >= 0.6 is 0 Å². The smallest absolute Gasteiger partial charge is 0.316 e. The molecule has 2 rings (SSSR count). The molecule has 1 fully saturated rings. The Morgan fingerprint density at radius 1 is 1.21 bits per heavy atom. The largest absolute Gasteiger partial charge is 0.416 e. The Morgan fingerprint density at radius 2 is 1.89 bits per heavy atom. The highest BCUT2D eigenvalue weighted by Crippen LogP contribution is 2.29. The van der Waals surface area contributed by atoms with Crippen LogP contribution in [0.5, 0.6) is 0 Å². The molecule has 0 bridgehead atoms. The molecule has 4 heteroatoms. The average molecular weight is 269 g/mol. The van der Waals surface area contributed by atoms with Gasteiger partial charge in [-0.05, 0) is 36.1 Å². The lowest BCUT2D eigenvalue weighted by Crippen LogP contribution is -2.08. The van der Waals surface area contributed by atoms with Crippen LogP contribution in [0.2, 0.25) is 0 Å². The van der Waals surface area contributed by atoms with Gasteiger partial charge < -0.3 is 5.32 Å². The molecule has 1 aromatic rings. The van der Waals surface area contributed by atoms with Crippen molar-refractivity contribution in [3.05, 3.63) is 41.5 Å². The van der Waals surface area contributed by atoms with Gasteiger partial charge in [-0.15, -0.1) is 0 Å². The number of halogens is 3. The van der Waals surface area contributed by atoms with Gasteiger partial charge in [0.15, 0.2) is 0 Å². The van der Waals surface area contributed by atoms with Crippen LogP contribution in [-0.4, -0.2) is 13.1 Å². The Labute approximate surface area is 111 Å². The quantitative estimate of drug-likeness (QED) is 0.875. The topological polar surface area (TPSA) is 12.0 Å². The van der Waals surface area contributed by atoms with E-state index in [-0.39, 0.29) is 0 Å². The Hall–Kier alpha value is -1.29. The first-order valence-electron chi connectivity index (χ1n) is 6.57. The van der Waals surface area contributed by atoms with Crippen LogP contribution in [0.4, 0.5) is 13.2 Å². The van der Waals surface area contributed by atoms with Gasteiger partial charge in [0.1, 0.15) is 0 Å². The van der Waals surface area contributed by atoms with Crippen LogP contribution in [0.1, 0.15) is 24.5 Å². The maximum Gasteiger partial charge on any atom is 0.416 e. The molecule has 0 spiro atoms. The van der Waals surface area contributed by atoms with Crippen molar-refractivity contribution >= 4 is 6.08 Å². The molecule has 2 atom stereocenters. The third-order valence-electron chi connectivity index (χ3n) is 3.69. The molecule has 1 aromatic carbocycles. The lowest BCUT2D eigenvalue weighted by molar-refractivity contribution is -0.137. The van der Waals surface area contributed by atoms with Gasteiger partial charge in [0, 0.05) is 6.54 Å². The Bertz CT molecular complexity index is 434. The van der Waals surface area contributed by atoms with Crippen molar-refractivity contribution in [2.45, 2.75) is 19.5 Å². The van der Waals surface area contributed by atoms with Crippen molar-refractivity contribution in [2.24, 2.45) is 11.8 Å². The van der Waals surface area contributed by atoms with E-state index in [0.29, 0.717) is 11.8 Å². The van der Waals surface area contributed by atoms with Gasteiger partial charge in [-0.2, -0.15) is 13.2 Å². The third kappa shape index (κ3) is 3.60. The number of hydrogen-bond acceptors (Lipinski definition) is 1. The summed E-state index contributed by atoms with van der Waals surface area (Å²) in [6, 6.07) is 5.29. The fourth-order valence-corrected chi connectivity index (χ4v) is 2.44. The van der Waals surface area contributed by atoms with Crippen molar-refractivity contribution in [1.82, 2.24) is 5.32 Å². The van der Waals surface area contributed by atoms with Crippen molar-refractivity contribution in [2.75, 3.05) is 13.1 Å². The van der Waals surface area contributed by atoms with Crippen molar-refractivity contribution in [3.63, 3.8) is 0 Å². The second-order valence-corrected chi connectivity index (χ2v) is 4.97. The van der Waals surface area contributed by atoms with Crippen molar-refractivity contribution < 1.29 is 13.2 Å². The van der Waals surface area contributed by atoms with Crippen LogP contribution in [0.25, 0.3) is 6.08 Å². The maximum atomic E-state index is 12.4. The normalized spacial score (nSPS) is 24.2. The monoisotopic (exact) mass is 269 g/mol. The molecule has 1 nitrogen and oxygen atoms in total. The first-order chi connectivity index (χ1) is 9.00. The molecular weight excluding hydrogens is 251 g/mol. The molecule has 0 aromatic heterocycles. The molecule has 19 heavy (non-hydrogen) atoms. The SMILES string of the molecule is CCC1CNCC1C=Cc1ccc(C(F)(F)F)cc1. The molecule has 1 aliphatic heterocycles. The summed E-state index contributed by atoms with van der Waals surface area (Å²) in [5.74, 6) is 1.11. The fraction of sp³-hybridized carbons (Fsp3) is 0.467. The molecule has 104 valence electrons. The number of hydrogen-bond donors (Lipinski definition) is 1. The summed E-state index contributed by atoms with van der Waals surface area (Å²) in [5, 5.41) is 3.34. The van der Waals surface area contributed by atoms with E-state index in [4.69, 9.17) is 0 Å². The molecule has 0 radical (unpaired) electrons. The molecule has 0 aliphatic carbocycles. The highest BCUT2D eigenvalue weighted by molar-refractivity contribution is 5.50. The van der Waals surface area contributed by atoms with E-state index in [2.05, 4.69) is 18.3 Å². The lowest BCUT2D eigenvalue weighted by atomic mass is 9.93. The van der Waals surface area contributed by atoms with Crippen LogP contribution in [0, 0.1) is 11.8 Å². The molecule has 1 N–H and O–H groups in total. The van der Waals surface area contributed by atoms with Crippen LogP contribution in [0.15, 0.2) is 30.3 Å². The van der Waals surface area contributed by atoms with Crippen LogP contribution < -0.4 is 5.32 Å². The van der Waals surface area contributed by atoms with Gasteiger partial charge >= 0.3 is 6.18 Å². The van der Waals surface area contributed by atoms with E-state index >= 15 is 0 Å². The summed E-state index contributed by atoms with van der Waals surface area (Å²) >= 11 is 0. The van der Waals surface area contributed by atoms with Gasteiger partial charge in [-0.3, -0.25) is 0 Å². The highest BCUT2D eigenvalue weighted by Gasteiger charge is 2.29. The predicted molar refractivity (Wildman–Crippen MR) is 70.6 cm³/mol. The van der Waals surface area contributed by atoms with Gasteiger partial charge in [0.25, 0.3) is 0 Å². The summed E-state index contributed by atoms with van der Waals surface area (Å²) in [4.78, 5) is 0. The molecule has 1 heterocycles. The third-order valence-corrected chi connectivity index (χ3v) is 3.69. The minimum atomic E-state index is -4.26. The van der Waals surface area contributed by atoms with E-state index in [0.717, 1.165) is 37.2 Å². The summed E-state index contributed by atoms with van der Waals surface area (Å²) in [7, 11) is 0. The van der Waals surface area contributed by atoms with Crippen molar-refractivity contribution in [1.29, 1.82) is 0 Å². The maximum absolute atomic E-state index is 12.4. The highest BCUT2D eigenvalue weighted by atomic mass is 19.4. The number of rotatable bonds is 3. The predicted octanol–water partition coefficient (Wildman–Crippen LogP) is 3.96. The van der Waals surface area contributed by atoms with E-state index in [1.54, 1.807) is 0 Å². The molecule has 1 saturated heterocycles. The molecule has 2 unspecified atom stereocenters. The molecule has 0 saturated carbocycles. The summed E-state index contributed by atoms with van der Waals surface area (Å²) in [6.07, 6.45) is 0.886. The fourth-order valence-electron chi connectivity index (χ4n) is 2.44. The first kappa shape index (κ1) is 14.1. The lowest BCUT2D eigenvalue weighted by Gasteiger charge is -2.12. The van der Waals surface area contributed by atoms with Gasteiger partial charge in [-0.1, -0.05) is 37.6 Å². The summed E-state index contributed by atoms with van der Waals surface area (Å²) < 4.78 is 37.3. The van der Waals surface area contributed by atoms with Gasteiger partial charge in [0.2, 0.25) is 0 Å². The standard InChI is InChI=1S/C15H18F3N/c1-2-12-9-19-10-13(12)6-3-11-4-7-14(8-5-11)15(16,17)18/h3-8,12-13,19H,2,9-10H2,1H3. The van der Waals surface area contributed by atoms with Crippen LogP contribution in [-0.2, 0) is 6.18 Å². The Morgan fingerprint density at radius 3 is 2.47 bits per heavy atom. The Balaban J connectivity index is 2.03. The second-order valence-electron chi connectivity index (χ2n) is 4.97. The Kier molecular flexibility index (Phi) is 4.30. The molecule has 0 amide bonds. The summed E-state index contributed by atoms with van der Waals surface area (Å²) in [5.41, 5.74) is 0.216. The zero-order valence-electron chi connectivity index (χ0n) is 10.9. The number of benzene rings is 1. The van der Waals surface area contributed by atoms with Gasteiger partial charge in [-0.25, -0.2) is 0 Å². The second kappa shape index (κ2) is 5.78. The molecule has 1 aliphatic rings. The molecular formula is C15H18F3N. The average Bonchev–Trinajstić information content (AvgIpc) is 2.83. The van der Waals surface area contributed by atoms with Crippen molar-refractivity contribution in [3.8, 4) is 0 Å².